The standard InChI is InChI=1S/C70H42N2O4/c1-3-13-47(14-4-1)71(49-29-25-43(26-30-49)53-19-11-21-59-55-17-7-9-23-63(55)75-69(53)59)51-33-35-57-61-37-45-38-62-58-36-34-52(42-68(58)74-66(62)40-46(45)39-65(61)73-67(57)41-51)72(48-15-5-2-6-16-48)50-31-27-44(28-32-50)54-20-12-22-60-56-18-8-10-24-64(56)76-70(54)60/h1-42H. The van der Waals surface area contributed by atoms with E-state index in [2.05, 4.69) is 240 Å². The Morgan fingerprint density at radius 2 is 0.566 bits per heavy atom. The van der Waals surface area contributed by atoms with Crippen molar-refractivity contribution in [2.45, 2.75) is 0 Å². The molecule has 0 bridgehead atoms. The van der Waals surface area contributed by atoms with E-state index in [9.17, 15) is 0 Å². The molecule has 6 heteroatoms. The van der Waals surface area contributed by atoms with E-state index in [1.54, 1.807) is 0 Å². The highest BCUT2D eigenvalue weighted by Crippen LogP contribution is 2.45. The average molecular weight is 975 g/mol. The van der Waals surface area contributed by atoms with Gasteiger partial charge in [-0.1, -0.05) is 133 Å². The van der Waals surface area contributed by atoms with Crippen LogP contribution in [0.3, 0.4) is 0 Å². The Bertz CT molecular complexity index is 4620. The molecule has 0 radical (unpaired) electrons. The van der Waals surface area contributed by atoms with Crippen LogP contribution in [0.1, 0.15) is 0 Å². The SMILES string of the molecule is c1ccc(N(c2ccc(-c3cccc4c3oc3ccccc34)cc2)c2ccc3c(c2)oc2cc4cc5oc6cc(N(c7ccccc7)c7ccc(-c8cccc9c8oc8ccccc89)cc7)ccc6c5cc4cc23)cc1. The van der Waals surface area contributed by atoms with Gasteiger partial charge in [0.2, 0.25) is 0 Å². The second-order valence-corrected chi connectivity index (χ2v) is 19.6. The molecule has 0 N–H and O–H groups in total. The number of hydrogen-bond donors (Lipinski definition) is 0. The molecule has 0 atom stereocenters. The van der Waals surface area contributed by atoms with Gasteiger partial charge in [-0.15, -0.1) is 0 Å². The van der Waals surface area contributed by atoms with Gasteiger partial charge < -0.3 is 27.5 Å². The first kappa shape index (κ1) is 42.2. The van der Waals surface area contributed by atoms with Gasteiger partial charge in [-0.2, -0.15) is 0 Å². The summed E-state index contributed by atoms with van der Waals surface area (Å²) < 4.78 is 26.3. The van der Waals surface area contributed by atoms with E-state index in [-0.39, 0.29) is 0 Å². The second-order valence-electron chi connectivity index (χ2n) is 19.6. The maximum Gasteiger partial charge on any atom is 0.143 e. The van der Waals surface area contributed by atoms with Gasteiger partial charge in [0.25, 0.3) is 0 Å². The molecule has 0 aliphatic heterocycles. The van der Waals surface area contributed by atoms with Crippen molar-refractivity contribution in [1.82, 2.24) is 0 Å². The molecule has 16 aromatic rings. The minimum absolute atomic E-state index is 0.819. The van der Waals surface area contributed by atoms with E-state index in [0.717, 1.165) is 155 Å². The normalized spacial score (nSPS) is 11.9. The monoisotopic (exact) mass is 974 g/mol. The van der Waals surface area contributed by atoms with E-state index in [4.69, 9.17) is 17.7 Å². The zero-order chi connectivity index (χ0) is 49.8. The van der Waals surface area contributed by atoms with Crippen LogP contribution in [0.15, 0.2) is 272 Å². The summed E-state index contributed by atoms with van der Waals surface area (Å²) in [7, 11) is 0. The maximum atomic E-state index is 6.75. The Morgan fingerprint density at radius 3 is 1.03 bits per heavy atom. The van der Waals surface area contributed by atoms with Gasteiger partial charge >= 0.3 is 0 Å². The van der Waals surface area contributed by atoms with Crippen LogP contribution in [-0.4, -0.2) is 0 Å². The highest BCUT2D eigenvalue weighted by atomic mass is 16.3. The Kier molecular flexibility index (Phi) is 9.23. The zero-order valence-electron chi connectivity index (χ0n) is 40.8. The third kappa shape index (κ3) is 6.67. The first-order valence-corrected chi connectivity index (χ1v) is 25.6. The molecule has 6 nitrogen and oxygen atoms in total. The molecule has 0 saturated heterocycles. The quantitative estimate of drug-likeness (QED) is 0.151. The Hall–Kier alpha value is -10.3. The Labute approximate surface area is 435 Å². The minimum Gasteiger partial charge on any atom is -0.456 e. The topological polar surface area (TPSA) is 59.0 Å². The van der Waals surface area contributed by atoms with Gasteiger partial charge in [0, 0.05) is 100 Å². The van der Waals surface area contributed by atoms with Crippen molar-refractivity contribution in [3.63, 3.8) is 0 Å². The summed E-state index contributed by atoms with van der Waals surface area (Å²) in [4.78, 5) is 4.56. The van der Waals surface area contributed by atoms with Crippen molar-refractivity contribution in [2.75, 3.05) is 9.80 Å². The van der Waals surface area contributed by atoms with Crippen LogP contribution in [0.2, 0.25) is 0 Å². The lowest BCUT2D eigenvalue weighted by molar-refractivity contribution is 0.668. The summed E-state index contributed by atoms with van der Waals surface area (Å²) >= 11 is 0. The largest absolute Gasteiger partial charge is 0.456 e. The average Bonchev–Trinajstić information content (AvgIpc) is 4.26. The predicted octanol–water partition coefficient (Wildman–Crippen LogP) is 20.7. The first-order valence-electron chi connectivity index (χ1n) is 25.6. The summed E-state index contributed by atoms with van der Waals surface area (Å²) in [6.07, 6.45) is 0. The van der Waals surface area contributed by atoms with Crippen LogP contribution in [0, 0.1) is 0 Å². The van der Waals surface area contributed by atoms with Gasteiger partial charge in [-0.3, -0.25) is 0 Å². The molecule has 0 aliphatic rings. The van der Waals surface area contributed by atoms with Crippen molar-refractivity contribution >= 4 is 133 Å². The van der Waals surface area contributed by atoms with Crippen molar-refractivity contribution in [2.24, 2.45) is 0 Å². The van der Waals surface area contributed by atoms with Gasteiger partial charge in [0.1, 0.15) is 44.7 Å². The molecule has 4 aromatic heterocycles. The lowest BCUT2D eigenvalue weighted by Gasteiger charge is -2.25. The number of hydrogen-bond acceptors (Lipinski definition) is 6. The minimum atomic E-state index is 0.819. The number of furan rings is 4. The number of para-hydroxylation sites is 6. The summed E-state index contributed by atoms with van der Waals surface area (Å²) in [5, 5.41) is 10.9. The van der Waals surface area contributed by atoms with E-state index in [1.165, 1.54) is 0 Å². The van der Waals surface area contributed by atoms with E-state index in [1.807, 2.05) is 24.3 Å². The number of rotatable bonds is 8. The molecule has 0 amide bonds. The van der Waals surface area contributed by atoms with Gasteiger partial charge in [0.05, 0.1) is 0 Å². The number of benzene rings is 12. The molecule has 0 saturated carbocycles. The Morgan fingerprint density at radius 1 is 0.211 bits per heavy atom. The van der Waals surface area contributed by atoms with Gasteiger partial charge in [-0.05, 0) is 131 Å². The zero-order valence-corrected chi connectivity index (χ0v) is 40.8. The van der Waals surface area contributed by atoms with Crippen molar-refractivity contribution in [3.8, 4) is 22.3 Å². The van der Waals surface area contributed by atoms with Crippen LogP contribution in [0.4, 0.5) is 34.1 Å². The van der Waals surface area contributed by atoms with Crippen LogP contribution in [0.5, 0.6) is 0 Å². The molecule has 12 aromatic carbocycles. The molecule has 16 rings (SSSR count). The highest BCUT2D eigenvalue weighted by molar-refractivity contribution is 6.16. The first-order chi connectivity index (χ1) is 37.6. The van der Waals surface area contributed by atoms with E-state index >= 15 is 0 Å². The van der Waals surface area contributed by atoms with Crippen LogP contribution in [0.25, 0.3) is 121 Å². The highest BCUT2D eigenvalue weighted by Gasteiger charge is 2.21. The van der Waals surface area contributed by atoms with Crippen LogP contribution < -0.4 is 9.80 Å². The Balaban J connectivity index is 0.738. The molecule has 0 aliphatic carbocycles. The lowest BCUT2D eigenvalue weighted by atomic mass is 10.0. The van der Waals surface area contributed by atoms with E-state index in [0.29, 0.717) is 0 Å². The van der Waals surface area contributed by atoms with Gasteiger partial charge in [-0.25, -0.2) is 0 Å². The summed E-state index contributed by atoms with van der Waals surface area (Å²) in [5.41, 5.74) is 17.3. The summed E-state index contributed by atoms with van der Waals surface area (Å²) in [6, 6.07) is 89.5. The smallest absolute Gasteiger partial charge is 0.143 e. The van der Waals surface area contributed by atoms with E-state index < -0.39 is 0 Å². The summed E-state index contributed by atoms with van der Waals surface area (Å²) in [5.74, 6) is 0. The fraction of sp³-hybridized carbons (Fsp3) is 0. The molecule has 0 spiro atoms. The predicted molar refractivity (Wildman–Crippen MR) is 313 cm³/mol. The molecule has 0 unspecified atom stereocenters. The van der Waals surface area contributed by atoms with Crippen molar-refractivity contribution in [3.05, 3.63) is 255 Å². The molecular weight excluding hydrogens is 933 g/mol. The third-order valence-corrected chi connectivity index (χ3v) is 15.2. The maximum absolute atomic E-state index is 6.75. The number of fused-ring (bicyclic) bond motifs is 13. The number of anilines is 6. The second kappa shape index (κ2) is 16.6. The molecule has 4 heterocycles. The van der Waals surface area contributed by atoms with Gasteiger partial charge in [0.15, 0.2) is 0 Å². The molecule has 356 valence electrons. The number of nitrogens with zero attached hydrogens (tertiary/aromatic N) is 2. The fourth-order valence-corrected chi connectivity index (χ4v) is 11.6. The van der Waals surface area contributed by atoms with Crippen molar-refractivity contribution in [1.29, 1.82) is 0 Å². The molecule has 76 heavy (non-hydrogen) atoms. The van der Waals surface area contributed by atoms with Crippen LogP contribution >= 0.6 is 0 Å². The van der Waals surface area contributed by atoms with Crippen molar-refractivity contribution < 1.29 is 17.7 Å². The van der Waals surface area contributed by atoms with Crippen LogP contribution in [-0.2, 0) is 0 Å². The molecule has 0 fully saturated rings. The lowest BCUT2D eigenvalue weighted by Crippen LogP contribution is -2.09. The molecular formula is C70H42N2O4. The summed E-state index contributed by atoms with van der Waals surface area (Å²) in [6.45, 7) is 0. The fourth-order valence-electron chi connectivity index (χ4n) is 11.6. The third-order valence-electron chi connectivity index (χ3n) is 15.2.